The van der Waals surface area contributed by atoms with Crippen LogP contribution in [0.25, 0.3) is 0 Å². The zero-order valence-electron chi connectivity index (χ0n) is 11.0. The molecule has 1 aromatic carbocycles. The van der Waals surface area contributed by atoms with Crippen LogP contribution in [0.15, 0.2) is 24.3 Å². The summed E-state index contributed by atoms with van der Waals surface area (Å²) in [7, 11) is 2.11. The Morgan fingerprint density at radius 3 is 2.83 bits per heavy atom. The number of hydrogen-bond acceptors (Lipinski definition) is 4. The molecule has 4 nitrogen and oxygen atoms in total. The molecule has 2 N–H and O–H groups in total. The molecule has 100 valence electrons. The minimum Gasteiger partial charge on any atom is -0.491 e. The van der Waals surface area contributed by atoms with Gasteiger partial charge in [-0.3, -0.25) is 0 Å². The van der Waals surface area contributed by atoms with E-state index in [1.807, 2.05) is 12.1 Å². The van der Waals surface area contributed by atoms with Gasteiger partial charge in [0.05, 0.1) is 6.61 Å². The van der Waals surface area contributed by atoms with Gasteiger partial charge in [-0.05, 0) is 37.7 Å². The van der Waals surface area contributed by atoms with Crippen molar-refractivity contribution in [1.29, 1.82) is 0 Å². The zero-order chi connectivity index (χ0) is 12.8. The molecule has 1 aliphatic heterocycles. The molecule has 0 saturated carbocycles. The summed E-state index contributed by atoms with van der Waals surface area (Å²) in [6.07, 6.45) is 1.09. The highest BCUT2D eigenvalue weighted by molar-refractivity contribution is 5.27. The van der Waals surface area contributed by atoms with Gasteiger partial charge in [0, 0.05) is 13.1 Å². The predicted molar refractivity (Wildman–Crippen MR) is 71.9 cm³/mol. The van der Waals surface area contributed by atoms with Crippen molar-refractivity contribution < 1.29 is 9.47 Å². The van der Waals surface area contributed by atoms with E-state index in [9.17, 15) is 0 Å². The maximum absolute atomic E-state index is 5.74. The number of benzene rings is 1. The monoisotopic (exact) mass is 250 g/mol. The molecule has 1 heterocycles. The second-order valence-electron chi connectivity index (χ2n) is 4.75. The van der Waals surface area contributed by atoms with E-state index in [2.05, 4.69) is 24.1 Å². The standard InChI is InChI=1S/C14H22N2O2/c1-16-8-9-17-14(10-16)11-18-13-4-2-12(3-5-13)6-7-15/h2-5,14H,6-11,15H2,1H3. The topological polar surface area (TPSA) is 47.7 Å². The van der Waals surface area contributed by atoms with Crippen molar-refractivity contribution in [2.45, 2.75) is 12.5 Å². The Morgan fingerprint density at radius 2 is 2.17 bits per heavy atom. The molecular formula is C14H22N2O2. The molecule has 0 amide bonds. The Morgan fingerprint density at radius 1 is 1.39 bits per heavy atom. The van der Waals surface area contributed by atoms with E-state index in [1.54, 1.807) is 0 Å². The first-order valence-electron chi connectivity index (χ1n) is 6.50. The van der Waals surface area contributed by atoms with Crippen molar-refractivity contribution in [1.82, 2.24) is 4.90 Å². The third kappa shape index (κ3) is 3.98. The van der Waals surface area contributed by atoms with E-state index in [0.29, 0.717) is 13.2 Å². The average Bonchev–Trinajstić information content (AvgIpc) is 2.38. The molecule has 1 saturated heterocycles. The van der Waals surface area contributed by atoms with Crippen molar-refractivity contribution in [2.24, 2.45) is 5.73 Å². The van der Waals surface area contributed by atoms with Gasteiger partial charge in [0.25, 0.3) is 0 Å². The molecule has 18 heavy (non-hydrogen) atoms. The molecule has 4 heteroatoms. The molecule has 1 aromatic rings. The van der Waals surface area contributed by atoms with Crippen LogP contribution in [0.4, 0.5) is 0 Å². The van der Waals surface area contributed by atoms with Crippen LogP contribution >= 0.6 is 0 Å². The van der Waals surface area contributed by atoms with Crippen LogP contribution in [0.5, 0.6) is 5.75 Å². The number of morpholine rings is 1. The van der Waals surface area contributed by atoms with Gasteiger partial charge in [-0.15, -0.1) is 0 Å². The first-order valence-corrected chi connectivity index (χ1v) is 6.50. The lowest BCUT2D eigenvalue weighted by atomic mass is 10.1. The summed E-state index contributed by atoms with van der Waals surface area (Å²) >= 11 is 0. The molecule has 0 spiro atoms. The smallest absolute Gasteiger partial charge is 0.119 e. The highest BCUT2D eigenvalue weighted by Crippen LogP contribution is 2.14. The molecule has 0 aromatic heterocycles. The van der Waals surface area contributed by atoms with Gasteiger partial charge in [0.2, 0.25) is 0 Å². The number of likely N-dealkylation sites (N-methyl/N-ethyl adjacent to an activating group) is 1. The fourth-order valence-corrected chi connectivity index (χ4v) is 2.08. The van der Waals surface area contributed by atoms with Crippen molar-refractivity contribution in [3.05, 3.63) is 29.8 Å². The van der Waals surface area contributed by atoms with E-state index in [-0.39, 0.29) is 6.10 Å². The Hall–Kier alpha value is -1.10. The van der Waals surface area contributed by atoms with Gasteiger partial charge in [0.15, 0.2) is 0 Å². The second-order valence-corrected chi connectivity index (χ2v) is 4.75. The molecule has 1 aliphatic rings. The quantitative estimate of drug-likeness (QED) is 0.843. The SMILES string of the molecule is CN1CCOC(COc2ccc(CCN)cc2)C1. The molecule has 2 rings (SSSR count). The van der Waals surface area contributed by atoms with Crippen LogP contribution < -0.4 is 10.5 Å². The first-order chi connectivity index (χ1) is 8.78. The number of rotatable bonds is 5. The Kier molecular flexibility index (Phi) is 4.99. The molecule has 1 fully saturated rings. The first kappa shape index (κ1) is 13.3. The third-order valence-corrected chi connectivity index (χ3v) is 3.13. The molecule has 0 aliphatic carbocycles. The van der Waals surface area contributed by atoms with E-state index in [4.69, 9.17) is 15.2 Å². The fourth-order valence-electron chi connectivity index (χ4n) is 2.08. The lowest BCUT2D eigenvalue weighted by Gasteiger charge is -2.29. The molecule has 0 radical (unpaired) electrons. The fraction of sp³-hybridized carbons (Fsp3) is 0.571. The summed E-state index contributed by atoms with van der Waals surface area (Å²) in [6.45, 7) is 4.03. The number of ether oxygens (including phenoxy) is 2. The van der Waals surface area contributed by atoms with Gasteiger partial charge < -0.3 is 20.1 Å². The maximum atomic E-state index is 5.74. The van der Waals surface area contributed by atoms with Crippen molar-refractivity contribution in [3.63, 3.8) is 0 Å². The van der Waals surface area contributed by atoms with Gasteiger partial charge in [-0.25, -0.2) is 0 Å². The third-order valence-electron chi connectivity index (χ3n) is 3.13. The van der Waals surface area contributed by atoms with Crippen LogP contribution in [0.1, 0.15) is 5.56 Å². The van der Waals surface area contributed by atoms with E-state index >= 15 is 0 Å². The van der Waals surface area contributed by atoms with Crippen molar-refractivity contribution in [3.8, 4) is 5.75 Å². The maximum Gasteiger partial charge on any atom is 0.119 e. The number of nitrogens with zero attached hydrogens (tertiary/aromatic N) is 1. The summed E-state index contributed by atoms with van der Waals surface area (Å²) < 4.78 is 11.4. The van der Waals surface area contributed by atoms with Crippen LogP contribution in [0.3, 0.4) is 0 Å². The summed E-state index contributed by atoms with van der Waals surface area (Å²) in [5.41, 5.74) is 6.76. The minimum absolute atomic E-state index is 0.174. The Balaban J connectivity index is 1.78. The highest BCUT2D eigenvalue weighted by Gasteiger charge is 2.17. The van der Waals surface area contributed by atoms with Crippen molar-refractivity contribution in [2.75, 3.05) is 39.9 Å². The van der Waals surface area contributed by atoms with Gasteiger partial charge >= 0.3 is 0 Å². The van der Waals surface area contributed by atoms with E-state index in [0.717, 1.165) is 31.9 Å². The highest BCUT2D eigenvalue weighted by atomic mass is 16.5. The normalized spacial score (nSPS) is 20.9. The lowest BCUT2D eigenvalue weighted by Crippen LogP contribution is -2.42. The molecular weight excluding hydrogens is 228 g/mol. The van der Waals surface area contributed by atoms with Crippen LogP contribution in [0, 0.1) is 0 Å². The molecule has 1 unspecified atom stereocenters. The van der Waals surface area contributed by atoms with Crippen molar-refractivity contribution >= 4 is 0 Å². The Bertz CT molecular complexity index is 353. The summed E-state index contributed by atoms with van der Waals surface area (Å²) in [4.78, 5) is 2.27. The zero-order valence-corrected chi connectivity index (χ0v) is 11.0. The largest absolute Gasteiger partial charge is 0.491 e. The van der Waals surface area contributed by atoms with Crippen LogP contribution in [-0.2, 0) is 11.2 Å². The number of nitrogens with two attached hydrogens (primary N) is 1. The Labute approximate surface area is 109 Å². The lowest BCUT2D eigenvalue weighted by molar-refractivity contribution is -0.0403. The van der Waals surface area contributed by atoms with Gasteiger partial charge in [-0.2, -0.15) is 0 Å². The summed E-state index contributed by atoms with van der Waals surface area (Å²) in [6, 6.07) is 8.13. The summed E-state index contributed by atoms with van der Waals surface area (Å²) in [5.74, 6) is 0.896. The van der Waals surface area contributed by atoms with Crippen LogP contribution in [0.2, 0.25) is 0 Å². The minimum atomic E-state index is 0.174. The van der Waals surface area contributed by atoms with Gasteiger partial charge in [0.1, 0.15) is 18.5 Å². The number of hydrogen-bond donors (Lipinski definition) is 1. The molecule has 0 bridgehead atoms. The van der Waals surface area contributed by atoms with Gasteiger partial charge in [-0.1, -0.05) is 12.1 Å². The molecule has 1 atom stereocenters. The summed E-state index contributed by atoms with van der Waals surface area (Å²) in [5, 5.41) is 0. The average molecular weight is 250 g/mol. The predicted octanol–water partition coefficient (Wildman–Crippen LogP) is 0.897. The van der Waals surface area contributed by atoms with E-state index in [1.165, 1.54) is 5.56 Å². The second kappa shape index (κ2) is 6.73. The van der Waals surface area contributed by atoms with E-state index < -0.39 is 0 Å². The van der Waals surface area contributed by atoms with Crippen LogP contribution in [-0.4, -0.2) is 50.9 Å².